The highest BCUT2D eigenvalue weighted by molar-refractivity contribution is 6.35. The zero-order valence-corrected chi connectivity index (χ0v) is 19.0. The highest BCUT2D eigenvalue weighted by Crippen LogP contribution is 2.29. The average Bonchev–Trinajstić information content (AvgIpc) is 2.77. The van der Waals surface area contributed by atoms with Crippen molar-refractivity contribution in [3.05, 3.63) is 40.5 Å². The molecule has 31 heavy (non-hydrogen) atoms. The Morgan fingerprint density at radius 3 is 2.58 bits per heavy atom. The van der Waals surface area contributed by atoms with Crippen LogP contribution < -0.4 is 20.1 Å². The van der Waals surface area contributed by atoms with Crippen LogP contribution in [0.15, 0.2) is 24.3 Å². The van der Waals surface area contributed by atoms with E-state index in [9.17, 15) is 5.11 Å². The number of fused-ring (bicyclic) bond motifs is 1. The third kappa shape index (κ3) is 5.45. The van der Waals surface area contributed by atoms with E-state index in [0.29, 0.717) is 45.9 Å². The van der Waals surface area contributed by atoms with Crippen molar-refractivity contribution in [3.8, 4) is 11.5 Å². The van der Waals surface area contributed by atoms with Gasteiger partial charge >= 0.3 is 0 Å². The number of nitrogens with zero attached hydrogens (tertiary/aromatic N) is 3. The minimum absolute atomic E-state index is 0.00923. The summed E-state index contributed by atoms with van der Waals surface area (Å²) in [6.07, 6.45) is 1.73. The van der Waals surface area contributed by atoms with E-state index in [0.717, 1.165) is 24.1 Å². The fourth-order valence-electron chi connectivity index (χ4n) is 3.29. The molecule has 0 spiro atoms. The van der Waals surface area contributed by atoms with Crippen LogP contribution in [0, 0.1) is 6.92 Å². The number of aliphatic hydroxyl groups is 1. The fraction of sp³-hybridized carbons (Fsp3) is 0.409. The van der Waals surface area contributed by atoms with Crippen LogP contribution in [0.25, 0.3) is 11.0 Å². The van der Waals surface area contributed by atoms with E-state index in [1.54, 1.807) is 20.3 Å². The lowest BCUT2D eigenvalue weighted by Crippen LogP contribution is -2.24. The molecule has 2 aromatic heterocycles. The van der Waals surface area contributed by atoms with Crippen molar-refractivity contribution in [2.24, 2.45) is 0 Å². The van der Waals surface area contributed by atoms with Crippen molar-refractivity contribution in [1.29, 1.82) is 0 Å². The van der Waals surface area contributed by atoms with Gasteiger partial charge in [0, 0.05) is 23.9 Å². The van der Waals surface area contributed by atoms with Crippen LogP contribution in [0.5, 0.6) is 11.5 Å². The number of aliphatic hydroxyl groups excluding tert-OH is 1. The van der Waals surface area contributed by atoms with Gasteiger partial charge in [0.2, 0.25) is 5.95 Å². The van der Waals surface area contributed by atoms with Crippen molar-refractivity contribution in [2.45, 2.75) is 39.3 Å². The van der Waals surface area contributed by atoms with Crippen LogP contribution in [0.1, 0.15) is 31.0 Å². The average molecular weight is 446 g/mol. The lowest BCUT2D eigenvalue weighted by atomic mass is 10.2. The minimum Gasteiger partial charge on any atom is -0.497 e. The molecule has 0 radical (unpaired) electrons. The SMILES string of the molecule is CCCC(CO)Nc1nc(NCc2ccc(OC)cc2OC)nc2c(Cl)cc(C)nc12. The quantitative estimate of drug-likeness (QED) is 0.427. The summed E-state index contributed by atoms with van der Waals surface area (Å²) in [6, 6.07) is 7.25. The Kier molecular flexibility index (Phi) is 7.70. The molecule has 0 fully saturated rings. The monoisotopic (exact) mass is 445 g/mol. The van der Waals surface area contributed by atoms with Gasteiger partial charge in [0.1, 0.15) is 22.5 Å². The zero-order chi connectivity index (χ0) is 22.4. The van der Waals surface area contributed by atoms with Crippen molar-refractivity contribution < 1.29 is 14.6 Å². The molecular weight excluding hydrogens is 418 g/mol. The van der Waals surface area contributed by atoms with E-state index in [4.69, 9.17) is 21.1 Å². The fourth-order valence-corrected chi connectivity index (χ4v) is 3.58. The molecule has 1 unspecified atom stereocenters. The molecule has 3 aromatic rings. The predicted octanol–water partition coefficient (Wildman–Crippen LogP) is 4.19. The molecule has 0 aliphatic rings. The van der Waals surface area contributed by atoms with E-state index in [-0.39, 0.29) is 12.6 Å². The lowest BCUT2D eigenvalue weighted by Gasteiger charge is -2.18. The molecule has 1 aromatic carbocycles. The van der Waals surface area contributed by atoms with Gasteiger partial charge in [0.25, 0.3) is 0 Å². The van der Waals surface area contributed by atoms with Gasteiger partial charge in [-0.15, -0.1) is 0 Å². The van der Waals surface area contributed by atoms with Crippen LogP contribution in [-0.4, -0.2) is 46.9 Å². The molecule has 166 valence electrons. The first-order valence-corrected chi connectivity index (χ1v) is 10.5. The second-order valence-corrected chi connectivity index (χ2v) is 7.59. The smallest absolute Gasteiger partial charge is 0.225 e. The maximum absolute atomic E-state index is 9.73. The van der Waals surface area contributed by atoms with E-state index in [1.807, 2.05) is 25.1 Å². The molecule has 1 atom stereocenters. The minimum atomic E-state index is -0.140. The number of benzene rings is 1. The van der Waals surface area contributed by atoms with Gasteiger partial charge in [-0.3, -0.25) is 0 Å². The Morgan fingerprint density at radius 1 is 1.10 bits per heavy atom. The van der Waals surface area contributed by atoms with Crippen LogP contribution in [0.4, 0.5) is 11.8 Å². The number of halogens is 1. The maximum atomic E-state index is 9.73. The van der Waals surface area contributed by atoms with Gasteiger partial charge in [-0.1, -0.05) is 24.9 Å². The van der Waals surface area contributed by atoms with Crippen LogP contribution in [0.3, 0.4) is 0 Å². The molecule has 0 amide bonds. The highest BCUT2D eigenvalue weighted by Gasteiger charge is 2.16. The molecular formula is C22H28ClN5O3. The Morgan fingerprint density at radius 2 is 1.90 bits per heavy atom. The summed E-state index contributed by atoms with van der Waals surface area (Å²) in [6.45, 7) is 4.36. The molecule has 0 bridgehead atoms. The summed E-state index contributed by atoms with van der Waals surface area (Å²) in [5, 5.41) is 16.8. The second-order valence-electron chi connectivity index (χ2n) is 7.18. The Labute approximate surface area is 187 Å². The number of pyridine rings is 1. The number of aryl methyl sites for hydroxylation is 1. The van der Waals surface area contributed by atoms with Crippen molar-refractivity contribution >= 4 is 34.4 Å². The second kappa shape index (κ2) is 10.5. The number of aromatic nitrogens is 3. The van der Waals surface area contributed by atoms with E-state index < -0.39 is 0 Å². The molecule has 9 heteroatoms. The Balaban J connectivity index is 1.95. The van der Waals surface area contributed by atoms with Gasteiger partial charge < -0.3 is 25.2 Å². The number of hydrogen-bond acceptors (Lipinski definition) is 8. The van der Waals surface area contributed by atoms with Gasteiger partial charge in [0.05, 0.1) is 31.9 Å². The Bertz CT molecular complexity index is 1050. The standard InChI is InChI=1S/C22H28ClN5O3/c1-5-6-15(12-29)26-21-20-19(17(23)9-13(2)25-20)27-22(28-21)24-11-14-7-8-16(30-3)10-18(14)31-4/h7-10,15,29H,5-6,11-12H2,1-4H3,(H2,24,26,27,28). The van der Waals surface area contributed by atoms with Gasteiger partial charge in [-0.05, 0) is 31.5 Å². The molecule has 2 heterocycles. The summed E-state index contributed by atoms with van der Waals surface area (Å²) in [5.41, 5.74) is 2.81. The van der Waals surface area contributed by atoms with E-state index in [2.05, 4.69) is 32.5 Å². The summed E-state index contributed by atoms with van der Waals surface area (Å²) < 4.78 is 10.7. The number of ether oxygens (including phenoxy) is 2. The number of methoxy groups -OCH3 is 2. The number of rotatable bonds is 10. The molecule has 3 N–H and O–H groups in total. The largest absolute Gasteiger partial charge is 0.497 e. The normalized spacial score (nSPS) is 11.9. The van der Waals surface area contributed by atoms with E-state index in [1.165, 1.54) is 0 Å². The van der Waals surface area contributed by atoms with Gasteiger partial charge in [-0.25, -0.2) is 9.97 Å². The maximum Gasteiger partial charge on any atom is 0.225 e. The first kappa shape index (κ1) is 22.8. The van der Waals surface area contributed by atoms with Crippen LogP contribution in [-0.2, 0) is 6.54 Å². The molecule has 0 saturated heterocycles. The first-order valence-electron chi connectivity index (χ1n) is 10.2. The summed E-state index contributed by atoms with van der Waals surface area (Å²) in [5.74, 6) is 2.35. The van der Waals surface area contributed by atoms with Crippen molar-refractivity contribution in [2.75, 3.05) is 31.5 Å². The third-order valence-electron chi connectivity index (χ3n) is 4.86. The summed E-state index contributed by atoms with van der Waals surface area (Å²) >= 11 is 6.47. The number of nitrogens with one attached hydrogen (secondary N) is 2. The Hall–Kier alpha value is -2.84. The number of anilines is 2. The topological polar surface area (TPSA) is 101 Å². The van der Waals surface area contributed by atoms with Crippen LogP contribution >= 0.6 is 11.6 Å². The third-order valence-corrected chi connectivity index (χ3v) is 5.15. The van der Waals surface area contributed by atoms with Crippen molar-refractivity contribution in [3.63, 3.8) is 0 Å². The molecule has 0 aliphatic carbocycles. The summed E-state index contributed by atoms with van der Waals surface area (Å²) in [4.78, 5) is 13.8. The van der Waals surface area contributed by atoms with Crippen molar-refractivity contribution in [1.82, 2.24) is 15.0 Å². The molecule has 3 rings (SSSR count). The number of hydrogen-bond donors (Lipinski definition) is 3. The molecule has 8 nitrogen and oxygen atoms in total. The molecule has 0 aliphatic heterocycles. The van der Waals surface area contributed by atoms with Gasteiger partial charge in [0.15, 0.2) is 5.82 Å². The molecule has 0 saturated carbocycles. The van der Waals surface area contributed by atoms with Crippen LogP contribution in [0.2, 0.25) is 5.02 Å². The van der Waals surface area contributed by atoms with E-state index >= 15 is 0 Å². The lowest BCUT2D eigenvalue weighted by molar-refractivity contribution is 0.268. The zero-order valence-electron chi connectivity index (χ0n) is 18.2. The highest BCUT2D eigenvalue weighted by atomic mass is 35.5. The summed E-state index contributed by atoms with van der Waals surface area (Å²) in [7, 11) is 3.23. The first-order chi connectivity index (χ1) is 15.0. The predicted molar refractivity (Wildman–Crippen MR) is 123 cm³/mol. The van der Waals surface area contributed by atoms with Gasteiger partial charge in [-0.2, -0.15) is 4.98 Å².